The van der Waals surface area contributed by atoms with Gasteiger partial charge in [0.15, 0.2) is 11.5 Å². The third kappa shape index (κ3) is 4.43. The average Bonchev–Trinajstić information content (AvgIpc) is 3.45. The zero-order valence-electron chi connectivity index (χ0n) is 26.9. The Balaban J connectivity index is 1.45. The van der Waals surface area contributed by atoms with Crippen molar-refractivity contribution in [2.75, 3.05) is 19.6 Å². The summed E-state index contributed by atoms with van der Waals surface area (Å²) in [4.78, 5) is 56.1. The molecule has 2 fully saturated rings. The van der Waals surface area contributed by atoms with Crippen molar-refractivity contribution >= 4 is 23.6 Å². The largest absolute Gasteiger partial charge is 0.502 e. The van der Waals surface area contributed by atoms with Gasteiger partial charge in [0.1, 0.15) is 0 Å². The number of fused-ring (bicyclic) bond motifs is 4. The summed E-state index contributed by atoms with van der Waals surface area (Å²) < 4.78 is 14.6. The van der Waals surface area contributed by atoms with Gasteiger partial charge in [0.25, 0.3) is 11.8 Å². The van der Waals surface area contributed by atoms with Gasteiger partial charge in [-0.15, -0.1) is 0 Å². The van der Waals surface area contributed by atoms with Crippen molar-refractivity contribution in [1.82, 2.24) is 18.9 Å². The van der Waals surface area contributed by atoms with Crippen LogP contribution in [0.4, 0.5) is 5.69 Å². The number of anilines is 1. The van der Waals surface area contributed by atoms with Crippen LogP contribution < -0.4 is 26.3 Å². The summed E-state index contributed by atoms with van der Waals surface area (Å²) in [6, 6.07) is 19.2. The van der Waals surface area contributed by atoms with Crippen LogP contribution >= 0.6 is 0 Å². The highest BCUT2D eigenvalue weighted by atomic mass is 16.5. The topological polar surface area (TPSA) is 137 Å². The Labute approximate surface area is 275 Å². The summed E-state index contributed by atoms with van der Waals surface area (Å²) in [5.41, 5.74) is 4.33. The van der Waals surface area contributed by atoms with Gasteiger partial charge in [0.2, 0.25) is 5.75 Å². The minimum Gasteiger partial charge on any atom is -0.502 e. The molecule has 1 saturated carbocycles. The van der Waals surface area contributed by atoms with E-state index in [0.29, 0.717) is 16.8 Å². The summed E-state index contributed by atoms with van der Waals surface area (Å²) in [5, 5.41) is 11.6. The Kier molecular flexibility index (Phi) is 7.38. The quantitative estimate of drug-likeness (QED) is 0.229. The second kappa shape index (κ2) is 11.5. The number of aromatic nitrogens is 3. The first-order chi connectivity index (χ1) is 23.1. The van der Waals surface area contributed by atoms with Gasteiger partial charge in [-0.3, -0.25) is 15.0 Å². The van der Waals surface area contributed by atoms with Crippen LogP contribution in [0.3, 0.4) is 0 Å². The Morgan fingerprint density at radius 1 is 0.938 bits per heavy atom. The molecule has 7 rings (SSSR count). The maximum Gasteiger partial charge on any atom is 0.347 e. The molecule has 0 spiro atoms. The summed E-state index contributed by atoms with van der Waals surface area (Å²) in [6.07, 6.45) is 5.67. The van der Waals surface area contributed by atoms with E-state index in [0.717, 1.165) is 20.7 Å². The molecule has 3 heterocycles. The van der Waals surface area contributed by atoms with Gasteiger partial charge in [0, 0.05) is 13.0 Å². The summed E-state index contributed by atoms with van der Waals surface area (Å²) in [7, 11) is 4.30. The number of carbonyl (C=O) groups is 2. The first kappa shape index (κ1) is 30.9. The lowest BCUT2D eigenvalue weighted by atomic mass is 9.54. The van der Waals surface area contributed by atoms with Crippen LogP contribution in [0.5, 0.6) is 17.2 Å². The zero-order valence-corrected chi connectivity index (χ0v) is 26.9. The highest BCUT2D eigenvalue weighted by Crippen LogP contribution is 2.58. The fourth-order valence-electron chi connectivity index (χ4n) is 7.58. The molecule has 1 aliphatic carbocycles. The molecule has 4 atom stereocenters. The number of aromatic hydroxyl groups is 1. The molecule has 2 N–H and O–H groups in total. The molecule has 12 heteroatoms. The van der Waals surface area contributed by atoms with Gasteiger partial charge >= 0.3 is 11.4 Å². The van der Waals surface area contributed by atoms with Crippen LogP contribution in [0.25, 0.3) is 6.08 Å². The van der Waals surface area contributed by atoms with Crippen LogP contribution in [0.2, 0.25) is 0 Å². The van der Waals surface area contributed by atoms with Crippen LogP contribution in [0.1, 0.15) is 29.2 Å². The lowest BCUT2D eigenvalue weighted by Gasteiger charge is -2.47. The summed E-state index contributed by atoms with van der Waals surface area (Å²) in [6.45, 7) is 2.07. The monoisotopic (exact) mass is 649 g/mol. The normalized spacial score (nSPS) is 23.0. The number of imide groups is 1. The average molecular weight is 650 g/mol. The smallest absolute Gasteiger partial charge is 0.347 e. The molecule has 2 amide bonds. The highest BCUT2D eigenvalue weighted by molar-refractivity contribution is 6.12. The molecule has 1 aromatic heterocycles. The van der Waals surface area contributed by atoms with E-state index in [9.17, 15) is 19.5 Å². The van der Waals surface area contributed by atoms with Gasteiger partial charge in [0.05, 0.1) is 43.8 Å². The number of ether oxygens (including phenoxy) is 2. The minimum absolute atomic E-state index is 0.117. The van der Waals surface area contributed by atoms with E-state index in [2.05, 4.69) is 5.43 Å². The van der Waals surface area contributed by atoms with Crippen molar-refractivity contribution in [1.29, 1.82) is 0 Å². The molecule has 2 aliphatic heterocycles. The number of allylic oxidation sites excluding steroid dienone is 3. The van der Waals surface area contributed by atoms with Gasteiger partial charge in [-0.1, -0.05) is 66.3 Å². The van der Waals surface area contributed by atoms with Gasteiger partial charge in [-0.25, -0.2) is 23.5 Å². The summed E-state index contributed by atoms with van der Waals surface area (Å²) in [5.74, 6) is -2.25. The third-order valence-electron chi connectivity index (χ3n) is 9.89. The predicted molar refractivity (Wildman–Crippen MR) is 178 cm³/mol. The standard InChI is InChI=1S/C36H35N5O7/c1-21-10-13-24(14-11-21)37-40-32(43)27-20-28-25(16-17-39-34(45)38(2)35(46)41(28)39)26(36(27,33(40)44)23-8-6-5-7-9-23)15-12-22-18-29(47-3)31(42)30(19-22)48-4/h5-16,18-19,26-28,37,42H,17,20H2,1-4H3. The maximum atomic E-state index is 15.0. The van der Waals surface area contributed by atoms with Crippen LogP contribution in [-0.2, 0) is 28.6 Å². The van der Waals surface area contributed by atoms with Gasteiger partial charge in [-0.05, 0) is 54.3 Å². The van der Waals surface area contributed by atoms with Crippen LogP contribution in [0.15, 0.2) is 94.0 Å². The van der Waals surface area contributed by atoms with E-state index >= 15 is 4.79 Å². The van der Waals surface area contributed by atoms with E-state index in [4.69, 9.17) is 9.47 Å². The molecule has 3 aliphatic rings. The van der Waals surface area contributed by atoms with Crippen LogP contribution in [0, 0.1) is 18.8 Å². The van der Waals surface area contributed by atoms with Crippen molar-refractivity contribution < 1.29 is 24.2 Å². The fourth-order valence-corrected chi connectivity index (χ4v) is 7.58. The first-order valence-corrected chi connectivity index (χ1v) is 15.6. The van der Waals surface area contributed by atoms with Crippen molar-refractivity contribution in [2.24, 2.45) is 18.9 Å². The molecule has 4 aromatic rings. The number of rotatable bonds is 7. The number of amides is 2. The number of aryl methyl sites for hydroxylation is 1. The van der Waals surface area contributed by atoms with Crippen molar-refractivity contribution in [3.05, 3.63) is 122 Å². The number of hydrogen-bond acceptors (Lipinski definition) is 8. The number of phenols is 1. The first-order valence-electron chi connectivity index (χ1n) is 15.6. The van der Waals surface area contributed by atoms with E-state index in [1.807, 2.05) is 61.5 Å². The molecule has 12 nitrogen and oxygen atoms in total. The lowest BCUT2D eigenvalue weighted by molar-refractivity contribution is -0.138. The Hall–Kier alpha value is -5.78. The van der Waals surface area contributed by atoms with Gasteiger partial charge in [-0.2, -0.15) is 5.01 Å². The maximum absolute atomic E-state index is 15.0. The molecular weight excluding hydrogens is 614 g/mol. The number of methoxy groups -OCH3 is 2. The molecular formula is C36H35N5O7. The lowest BCUT2D eigenvalue weighted by Crippen LogP contribution is -2.54. The molecule has 48 heavy (non-hydrogen) atoms. The highest BCUT2D eigenvalue weighted by Gasteiger charge is 2.67. The SMILES string of the molecule is COc1cc(C=CC2C3=CCn4c(=O)n(C)c(=O)n4C3CC3C(=O)N(Nc4ccc(C)cc4)C(=O)C23c2ccccc2)cc(OC)c1O. The second-order valence-corrected chi connectivity index (χ2v) is 12.4. The van der Waals surface area contributed by atoms with E-state index in [-0.39, 0.29) is 30.2 Å². The van der Waals surface area contributed by atoms with Gasteiger partial charge < -0.3 is 14.6 Å². The Morgan fingerprint density at radius 2 is 1.60 bits per heavy atom. The molecule has 246 valence electrons. The number of phenolic OH excluding ortho intramolecular Hbond substituents is 1. The number of hydrazine groups is 1. The Bertz CT molecular complexity index is 2100. The molecule has 1 saturated heterocycles. The molecule has 3 aromatic carbocycles. The van der Waals surface area contributed by atoms with Crippen molar-refractivity contribution in [3.63, 3.8) is 0 Å². The molecule has 4 unspecified atom stereocenters. The zero-order chi connectivity index (χ0) is 33.9. The van der Waals surface area contributed by atoms with Crippen LogP contribution in [-0.4, -0.2) is 50.1 Å². The number of nitrogens with zero attached hydrogens (tertiary/aromatic N) is 4. The fraction of sp³-hybridized carbons (Fsp3) is 0.278. The van der Waals surface area contributed by atoms with Crippen molar-refractivity contribution in [3.8, 4) is 17.2 Å². The molecule has 0 radical (unpaired) electrons. The Morgan fingerprint density at radius 3 is 2.25 bits per heavy atom. The number of carbonyl (C=O) groups excluding carboxylic acids is 2. The third-order valence-corrected chi connectivity index (χ3v) is 9.89. The van der Waals surface area contributed by atoms with E-state index in [1.54, 1.807) is 30.3 Å². The molecule has 0 bridgehead atoms. The number of benzene rings is 3. The van der Waals surface area contributed by atoms with E-state index in [1.165, 1.54) is 30.6 Å². The number of nitrogens with one attached hydrogen (secondary N) is 1. The van der Waals surface area contributed by atoms with Crippen molar-refractivity contribution in [2.45, 2.75) is 31.3 Å². The predicted octanol–water partition coefficient (Wildman–Crippen LogP) is 3.54. The number of hydrogen-bond donors (Lipinski definition) is 2. The minimum atomic E-state index is -1.40. The summed E-state index contributed by atoms with van der Waals surface area (Å²) >= 11 is 0. The van der Waals surface area contributed by atoms with E-state index < -0.39 is 46.5 Å². The second-order valence-electron chi connectivity index (χ2n) is 12.4.